The Hall–Kier alpha value is -3.01. The summed E-state index contributed by atoms with van der Waals surface area (Å²) in [5.74, 6) is 1.05. The van der Waals surface area contributed by atoms with E-state index in [1.807, 2.05) is 35.6 Å². The number of carbonyl (C=O) groups excluding carboxylic acids is 1. The first-order valence-corrected chi connectivity index (χ1v) is 8.98. The van der Waals surface area contributed by atoms with E-state index in [1.54, 1.807) is 0 Å². The lowest BCUT2D eigenvalue weighted by atomic mass is 9.81. The Kier molecular flexibility index (Phi) is 3.23. The van der Waals surface area contributed by atoms with Crippen molar-refractivity contribution in [2.75, 3.05) is 0 Å². The number of benzene rings is 2. The number of nitrogens with zero attached hydrogens (tertiary/aromatic N) is 3. The topological polar surface area (TPSA) is 47.3 Å². The number of Topliss-reactive ketones (excluding diaryl/α,β-unsaturated/α-hetero) is 1. The third kappa shape index (κ3) is 2.18. The van der Waals surface area contributed by atoms with Gasteiger partial charge in [0.05, 0.1) is 22.3 Å². The first-order valence-electron chi connectivity index (χ1n) is 8.98. The zero-order valence-corrected chi connectivity index (χ0v) is 14.9. The fraction of sp³-hybridized carbons (Fsp3) is 0.227. The van der Waals surface area contributed by atoms with Crippen LogP contribution in [-0.2, 0) is 6.42 Å². The van der Waals surface area contributed by atoms with E-state index in [9.17, 15) is 4.79 Å². The predicted molar refractivity (Wildman–Crippen MR) is 102 cm³/mol. The molecule has 0 N–H and O–H groups in total. The van der Waals surface area contributed by atoms with Gasteiger partial charge in [-0.1, -0.05) is 42.0 Å². The largest absolute Gasteiger partial charge is 0.294 e. The summed E-state index contributed by atoms with van der Waals surface area (Å²) >= 11 is 0. The molecule has 1 aliphatic carbocycles. The Balaban J connectivity index is 1.68. The van der Waals surface area contributed by atoms with Crippen LogP contribution >= 0.6 is 0 Å². The summed E-state index contributed by atoms with van der Waals surface area (Å²) in [7, 11) is 0. The van der Waals surface area contributed by atoms with Gasteiger partial charge in [-0.25, -0.2) is 9.97 Å². The van der Waals surface area contributed by atoms with E-state index in [1.165, 1.54) is 11.1 Å². The zero-order chi connectivity index (χ0) is 17.8. The number of imidazole rings is 1. The highest BCUT2D eigenvalue weighted by molar-refractivity contribution is 6.00. The average Bonchev–Trinajstić information content (AvgIpc) is 3.00. The van der Waals surface area contributed by atoms with E-state index in [0.717, 1.165) is 34.4 Å². The number of para-hydroxylation sites is 2. The van der Waals surface area contributed by atoms with Gasteiger partial charge in [-0.15, -0.1) is 0 Å². The molecular formula is C22H19N3O. The molecule has 0 saturated heterocycles. The van der Waals surface area contributed by atoms with Gasteiger partial charge in [0, 0.05) is 12.1 Å². The third-order valence-corrected chi connectivity index (χ3v) is 5.46. The summed E-state index contributed by atoms with van der Waals surface area (Å²) < 4.78 is 2.01. The van der Waals surface area contributed by atoms with E-state index < -0.39 is 0 Å². The number of carbonyl (C=O) groups is 1. The SMILES string of the molecule is Cc1ccc(C2CC(=O)c3c(nc4nc5ccccc5n4c3C)C2)cc1. The number of ketones is 1. The molecule has 1 atom stereocenters. The Morgan fingerprint density at radius 3 is 2.54 bits per heavy atom. The van der Waals surface area contributed by atoms with Crippen LogP contribution in [0.5, 0.6) is 0 Å². The van der Waals surface area contributed by atoms with Crippen LogP contribution in [0.4, 0.5) is 0 Å². The van der Waals surface area contributed by atoms with Crippen LogP contribution in [0.3, 0.4) is 0 Å². The molecule has 5 rings (SSSR count). The van der Waals surface area contributed by atoms with Gasteiger partial charge in [-0.2, -0.15) is 0 Å². The lowest BCUT2D eigenvalue weighted by molar-refractivity contribution is 0.0962. The summed E-state index contributed by atoms with van der Waals surface area (Å²) in [5.41, 5.74) is 6.97. The molecular weight excluding hydrogens is 322 g/mol. The summed E-state index contributed by atoms with van der Waals surface area (Å²) in [6, 6.07) is 16.5. The van der Waals surface area contributed by atoms with Crippen LogP contribution in [0.2, 0.25) is 0 Å². The van der Waals surface area contributed by atoms with Crippen molar-refractivity contribution in [1.29, 1.82) is 0 Å². The second-order valence-corrected chi connectivity index (χ2v) is 7.19. The fourth-order valence-electron chi connectivity index (χ4n) is 4.13. The van der Waals surface area contributed by atoms with Gasteiger partial charge in [0.1, 0.15) is 0 Å². The molecule has 0 radical (unpaired) electrons. The van der Waals surface area contributed by atoms with Gasteiger partial charge in [0.2, 0.25) is 5.78 Å². The molecule has 2 aromatic heterocycles. The Bertz CT molecular complexity index is 1170. The van der Waals surface area contributed by atoms with E-state index in [0.29, 0.717) is 12.2 Å². The molecule has 0 saturated carbocycles. The van der Waals surface area contributed by atoms with Crippen molar-refractivity contribution in [3.8, 4) is 0 Å². The van der Waals surface area contributed by atoms with Crippen molar-refractivity contribution in [1.82, 2.24) is 14.4 Å². The van der Waals surface area contributed by atoms with Crippen LogP contribution in [0.25, 0.3) is 16.8 Å². The number of aryl methyl sites for hydroxylation is 2. The number of aromatic nitrogens is 3. The van der Waals surface area contributed by atoms with Gasteiger partial charge >= 0.3 is 0 Å². The van der Waals surface area contributed by atoms with E-state index >= 15 is 0 Å². The maximum atomic E-state index is 13.0. The predicted octanol–water partition coefficient (Wildman–Crippen LogP) is 4.41. The van der Waals surface area contributed by atoms with Crippen LogP contribution in [0.1, 0.15) is 45.2 Å². The first kappa shape index (κ1) is 15.3. The van der Waals surface area contributed by atoms with Crippen molar-refractivity contribution in [3.05, 3.63) is 76.6 Å². The zero-order valence-electron chi connectivity index (χ0n) is 14.9. The maximum absolute atomic E-state index is 13.0. The van der Waals surface area contributed by atoms with Crippen molar-refractivity contribution >= 4 is 22.6 Å². The Morgan fingerprint density at radius 1 is 0.962 bits per heavy atom. The van der Waals surface area contributed by atoms with Gasteiger partial charge in [-0.3, -0.25) is 9.20 Å². The number of fused-ring (bicyclic) bond motifs is 4. The summed E-state index contributed by atoms with van der Waals surface area (Å²) in [4.78, 5) is 22.4. The summed E-state index contributed by atoms with van der Waals surface area (Å²) in [5, 5.41) is 0. The van der Waals surface area contributed by atoms with Crippen LogP contribution in [0.15, 0.2) is 48.5 Å². The molecule has 0 amide bonds. The Morgan fingerprint density at radius 2 is 1.73 bits per heavy atom. The molecule has 26 heavy (non-hydrogen) atoms. The molecule has 128 valence electrons. The molecule has 0 aliphatic heterocycles. The highest BCUT2D eigenvalue weighted by Gasteiger charge is 2.30. The summed E-state index contributed by atoms with van der Waals surface area (Å²) in [6.45, 7) is 4.08. The molecule has 4 aromatic rings. The monoisotopic (exact) mass is 341 g/mol. The summed E-state index contributed by atoms with van der Waals surface area (Å²) in [6.07, 6.45) is 1.32. The molecule has 1 aliphatic rings. The number of rotatable bonds is 1. The standard InChI is InChI=1S/C22H19N3O/c1-13-7-9-15(10-8-13)16-11-18-21(20(26)12-16)14(2)25-19-6-4-3-5-17(19)23-22(25)24-18/h3-10,16H,11-12H2,1-2H3. The Labute approximate surface area is 151 Å². The van der Waals surface area contributed by atoms with Gasteiger partial charge in [0.25, 0.3) is 0 Å². The minimum atomic E-state index is 0.182. The van der Waals surface area contributed by atoms with Crippen LogP contribution in [-0.4, -0.2) is 20.2 Å². The molecule has 2 aromatic carbocycles. The van der Waals surface area contributed by atoms with Crippen molar-refractivity contribution in [2.24, 2.45) is 0 Å². The minimum Gasteiger partial charge on any atom is -0.294 e. The normalized spacial score (nSPS) is 17.0. The van der Waals surface area contributed by atoms with E-state index in [2.05, 4.69) is 36.2 Å². The van der Waals surface area contributed by atoms with E-state index in [-0.39, 0.29) is 11.7 Å². The minimum absolute atomic E-state index is 0.182. The van der Waals surface area contributed by atoms with E-state index in [4.69, 9.17) is 4.98 Å². The fourth-order valence-corrected chi connectivity index (χ4v) is 4.13. The molecule has 1 unspecified atom stereocenters. The highest BCUT2D eigenvalue weighted by atomic mass is 16.1. The first-order chi connectivity index (χ1) is 12.6. The molecule has 0 spiro atoms. The maximum Gasteiger partial charge on any atom is 0.235 e. The third-order valence-electron chi connectivity index (χ3n) is 5.46. The second kappa shape index (κ2) is 5.49. The lowest BCUT2D eigenvalue weighted by Gasteiger charge is -2.25. The van der Waals surface area contributed by atoms with Gasteiger partial charge < -0.3 is 0 Å². The molecule has 2 heterocycles. The van der Waals surface area contributed by atoms with Gasteiger partial charge in [-0.05, 0) is 43.9 Å². The molecule has 0 bridgehead atoms. The molecule has 4 heteroatoms. The van der Waals surface area contributed by atoms with Crippen molar-refractivity contribution in [3.63, 3.8) is 0 Å². The number of hydrogen-bond donors (Lipinski definition) is 0. The smallest absolute Gasteiger partial charge is 0.235 e. The second-order valence-electron chi connectivity index (χ2n) is 7.19. The van der Waals surface area contributed by atoms with Crippen LogP contribution in [0, 0.1) is 13.8 Å². The number of hydrogen-bond acceptors (Lipinski definition) is 3. The average molecular weight is 341 g/mol. The molecule has 0 fully saturated rings. The molecule has 4 nitrogen and oxygen atoms in total. The van der Waals surface area contributed by atoms with Crippen LogP contribution < -0.4 is 0 Å². The van der Waals surface area contributed by atoms with Crippen molar-refractivity contribution < 1.29 is 4.79 Å². The van der Waals surface area contributed by atoms with Crippen molar-refractivity contribution in [2.45, 2.75) is 32.6 Å². The van der Waals surface area contributed by atoms with Gasteiger partial charge in [0.15, 0.2) is 5.78 Å². The highest BCUT2D eigenvalue weighted by Crippen LogP contribution is 2.34. The quantitative estimate of drug-likeness (QED) is 0.515. The lowest BCUT2D eigenvalue weighted by Crippen LogP contribution is -2.23.